The summed E-state index contributed by atoms with van der Waals surface area (Å²) in [5.74, 6) is 0.0495. The largest absolute Gasteiger partial charge is 0.368 e. The summed E-state index contributed by atoms with van der Waals surface area (Å²) in [6.07, 6.45) is 0.809. The Kier molecular flexibility index (Phi) is 3.94. The molecule has 0 fully saturated rings. The van der Waals surface area contributed by atoms with Crippen molar-refractivity contribution in [2.24, 2.45) is 10.7 Å². The quantitative estimate of drug-likeness (QED) is 0.379. The summed E-state index contributed by atoms with van der Waals surface area (Å²) in [5.41, 5.74) is 8.33. The highest BCUT2D eigenvalue weighted by Gasteiger charge is 2.01. The minimum atomic E-state index is 0.0495. The zero-order valence-corrected chi connectivity index (χ0v) is 8.14. The van der Waals surface area contributed by atoms with Crippen molar-refractivity contribution in [2.45, 2.75) is 19.4 Å². The van der Waals surface area contributed by atoms with Gasteiger partial charge in [0, 0.05) is 0 Å². The van der Waals surface area contributed by atoms with Gasteiger partial charge in [-0.1, -0.05) is 30.3 Å². The Labute approximate surface area is 83.4 Å². The van der Waals surface area contributed by atoms with Crippen molar-refractivity contribution >= 4 is 5.96 Å². The Morgan fingerprint density at radius 1 is 1.50 bits per heavy atom. The van der Waals surface area contributed by atoms with Crippen molar-refractivity contribution < 1.29 is 5.21 Å². The molecule has 14 heavy (non-hydrogen) atoms. The van der Waals surface area contributed by atoms with Crippen LogP contribution in [0.15, 0.2) is 35.3 Å². The zero-order chi connectivity index (χ0) is 10.4. The Bertz CT molecular complexity index is 297. The summed E-state index contributed by atoms with van der Waals surface area (Å²) >= 11 is 0. The first-order chi connectivity index (χ1) is 6.72. The molecule has 0 spiro atoms. The van der Waals surface area contributed by atoms with Gasteiger partial charge in [0.15, 0.2) is 0 Å². The van der Waals surface area contributed by atoms with Crippen molar-refractivity contribution in [3.63, 3.8) is 0 Å². The predicted octanol–water partition coefficient (Wildman–Crippen LogP) is 0.911. The van der Waals surface area contributed by atoms with Crippen molar-refractivity contribution in [1.29, 1.82) is 0 Å². The Morgan fingerprint density at radius 2 is 2.14 bits per heavy atom. The molecule has 0 saturated carbocycles. The van der Waals surface area contributed by atoms with Crippen LogP contribution in [0, 0.1) is 0 Å². The third kappa shape index (κ3) is 3.45. The van der Waals surface area contributed by atoms with E-state index in [4.69, 9.17) is 10.9 Å². The van der Waals surface area contributed by atoms with Crippen LogP contribution in [0.4, 0.5) is 0 Å². The second-order valence-electron chi connectivity index (χ2n) is 3.16. The summed E-state index contributed by atoms with van der Waals surface area (Å²) in [5, 5.41) is 8.44. The molecule has 0 bridgehead atoms. The van der Waals surface area contributed by atoms with Crippen LogP contribution in [0.3, 0.4) is 0 Å². The minimum Gasteiger partial charge on any atom is -0.368 e. The van der Waals surface area contributed by atoms with E-state index >= 15 is 0 Å². The van der Waals surface area contributed by atoms with Crippen molar-refractivity contribution in [3.8, 4) is 0 Å². The third-order valence-corrected chi connectivity index (χ3v) is 1.85. The zero-order valence-electron chi connectivity index (χ0n) is 8.14. The molecule has 0 amide bonds. The normalized spacial score (nSPS) is 13.7. The van der Waals surface area contributed by atoms with E-state index in [9.17, 15) is 0 Å². The summed E-state index contributed by atoms with van der Waals surface area (Å²) in [7, 11) is 0. The molecule has 1 aromatic carbocycles. The van der Waals surface area contributed by atoms with Gasteiger partial charge in [0.05, 0.1) is 6.04 Å². The van der Waals surface area contributed by atoms with Crippen molar-refractivity contribution in [2.75, 3.05) is 0 Å². The van der Waals surface area contributed by atoms with Gasteiger partial charge in [-0.25, -0.2) is 10.5 Å². The highest BCUT2D eigenvalue weighted by molar-refractivity contribution is 5.76. The molecule has 0 radical (unpaired) electrons. The minimum absolute atomic E-state index is 0.0495. The second-order valence-corrected chi connectivity index (χ2v) is 3.16. The molecule has 1 aromatic rings. The summed E-state index contributed by atoms with van der Waals surface area (Å²) < 4.78 is 0. The monoisotopic (exact) mass is 193 g/mol. The standard InChI is InChI=1S/C10H15N3O/c1-8(12-10(11)13-14)7-9-5-3-2-4-6-9/h2-6,8,14H,7H2,1H3,(H3,11,12,13). The predicted molar refractivity (Wildman–Crippen MR) is 56.2 cm³/mol. The molecule has 1 unspecified atom stereocenters. The van der Waals surface area contributed by atoms with Crippen LogP contribution < -0.4 is 11.2 Å². The van der Waals surface area contributed by atoms with Crippen LogP contribution in [-0.2, 0) is 6.42 Å². The topological polar surface area (TPSA) is 70.6 Å². The Hall–Kier alpha value is -1.55. The number of hydrogen-bond acceptors (Lipinski definition) is 2. The number of guanidine groups is 1. The highest BCUT2D eigenvalue weighted by Crippen LogP contribution is 2.04. The lowest BCUT2D eigenvalue weighted by Gasteiger charge is -2.07. The Balaban J connectivity index is 2.53. The number of aliphatic imine (C=N–C) groups is 1. The molecule has 0 aromatic heterocycles. The molecule has 4 nitrogen and oxygen atoms in total. The van der Waals surface area contributed by atoms with Gasteiger partial charge in [-0.3, -0.25) is 5.21 Å². The fourth-order valence-electron chi connectivity index (χ4n) is 1.27. The molecule has 4 heteroatoms. The van der Waals surface area contributed by atoms with Gasteiger partial charge >= 0.3 is 0 Å². The van der Waals surface area contributed by atoms with Crippen LogP contribution in [0.5, 0.6) is 0 Å². The van der Waals surface area contributed by atoms with Gasteiger partial charge in [-0.15, -0.1) is 0 Å². The number of nitrogens with zero attached hydrogens (tertiary/aromatic N) is 1. The molecular weight excluding hydrogens is 178 g/mol. The lowest BCUT2D eigenvalue weighted by atomic mass is 10.1. The lowest BCUT2D eigenvalue weighted by molar-refractivity contribution is 0.232. The number of nitrogens with one attached hydrogen (secondary N) is 1. The molecular formula is C10H15N3O. The van der Waals surface area contributed by atoms with Crippen LogP contribution in [0.25, 0.3) is 0 Å². The van der Waals surface area contributed by atoms with Crippen LogP contribution in [0.1, 0.15) is 12.5 Å². The van der Waals surface area contributed by atoms with E-state index in [0.29, 0.717) is 0 Å². The first-order valence-corrected chi connectivity index (χ1v) is 4.49. The third-order valence-electron chi connectivity index (χ3n) is 1.85. The molecule has 0 heterocycles. The van der Waals surface area contributed by atoms with Crippen LogP contribution in [-0.4, -0.2) is 17.2 Å². The SMILES string of the molecule is CC(Cc1ccccc1)N=C(N)NO. The number of nitrogens with two attached hydrogens (primary N) is 1. The van der Waals surface area contributed by atoms with Crippen LogP contribution >= 0.6 is 0 Å². The van der Waals surface area contributed by atoms with E-state index in [2.05, 4.69) is 4.99 Å². The van der Waals surface area contributed by atoms with E-state index in [0.717, 1.165) is 6.42 Å². The van der Waals surface area contributed by atoms with Gasteiger partial charge in [0.2, 0.25) is 5.96 Å². The van der Waals surface area contributed by atoms with E-state index in [1.807, 2.05) is 42.7 Å². The number of hydroxylamine groups is 1. The van der Waals surface area contributed by atoms with Gasteiger partial charge in [0.1, 0.15) is 0 Å². The molecule has 1 atom stereocenters. The fourth-order valence-corrected chi connectivity index (χ4v) is 1.27. The van der Waals surface area contributed by atoms with Gasteiger partial charge in [-0.2, -0.15) is 0 Å². The molecule has 0 aliphatic rings. The molecule has 0 aliphatic heterocycles. The highest BCUT2D eigenvalue weighted by atomic mass is 16.5. The fraction of sp³-hybridized carbons (Fsp3) is 0.300. The van der Waals surface area contributed by atoms with Gasteiger partial charge < -0.3 is 5.73 Å². The maximum absolute atomic E-state index is 8.44. The van der Waals surface area contributed by atoms with E-state index in [1.165, 1.54) is 5.56 Å². The maximum atomic E-state index is 8.44. The summed E-state index contributed by atoms with van der Waals surface area (Å²) in [6.45, 7) is 1.94. The molecule has 4 N–H and O–H groups in total. The molecule has 1 rings (SSSR count). The smallest absolute Gasteiger partial charge is 0.213 e. The summed E-state index contributed by atoms with van der Waals surface area (Å²) in [6, 6.07) is 10.1. The van der Waals surface area contributed by atoms with E-state index in [1.54, 1.807) is 0 Å². The first-order valence-electron chi connectivity index (χ1n) is 4.49. The molecule has 0 saturated heterocycles. The van der Waals surface area contributed by atoms with Crippen molar-refractivity contribution in [1.82, 2.24) is 5.48 Å². The average Bonchev–Trinajstić information content (AvgIpc) is 2.19. The van der Waals surface area contributed by atoms with Crippen molar-refractivity contribution in [3.05, 3.63) is 35.9 Å². The molecule has 76 valence electrons. The Morgan fingerprint density at radius 3 is 2.71 bits per heavy atom. The van der Waals surface area contributed by atoms with Crippen LogP contribution in [0.2, 0.25) is 0 Å². The van der Waals surface area contributed by atoms with Gasteiger partial charge in [-0.05, 0) is 18.9 Å². The second kappa shape index (κ2) is 5.24. The molecule has 0 aliphatic carbocycles. The average molecular weight is 193 g/mol. The van der Waals surface area contributed by atoms with E-state index in [-0.39, 0.29) is 12.0 Å². The van der Waals surface area contributed by atoms with Gasteiger partial charge in [0.25, 0.3) is 0 Å². The lowest BCUT2D eigenvalue weighted by Crippen LogP contribution is -2.30. The number of rotatable bonds is 3. The number of hydrogen-bond donors (Lipinski definition) is 3. The first kappa shape index (κ1) is 10.5. The maximum Gasteiger partial charge on any atom is 0.213 e. The number of benzene rings is 1. The van der Waals surface area contributed by atoms with E-state index < -0.39 is 0 Å². The summed E-state index contributed by atoms with van der Waals surface area (Å²) in [4.78, 5) is 4.02.